The number of nitrogens with zero attached hydrogens (tertiary/aromatic N) is 1. The van der Waals surface area contributed by atoms with Crippen molar-refractivity contribution in [2.45, 2.75) is 78.1 Å². The molecule has 0 N–H and O–H groups in total. The molecule has 6 rings (SSSR count). The standard InChI is InChI=1S/C33H35NS/c1-19(2)25-17-22(16-21-10-8-9-11-23(21)25)30-31-24(12-15-34-30)28-20(3)29-26(18-27(28)35-31)32(4,5)13-14-33(29,6)7/h8-12,15-19H,13-14H2,1-7H3. The summed E-state index contributed by atoms with van der Waals surface area (Å²) >= 11 is 1.93. The molecule has 0 bridgehead atoms. The van der Waals surface area contributed by atoms with Crippen molar-refractivity contribution < 1.29 is 0 Å². The van der Waals surface area contributed by atoms with Crippen molar-refractivity contribution in [2.24, 2.45) is 0 Å². The first kappa shape index (κ1) is 22.7. The highest BCUT2D eigenvalue weighted by molar-refractivity contribution is 7.26. The molecule has 2 heterocycles. The zero-order valence-corrected chi connectivity index (χ0v) is 22.9. The SMILES string of the molecule is Cc1c2c(cc3sc4c(-c5cc(C(C)C)c6ccccc6c5)nccc4c13)C(C)(C)CCC2(C)C. The smallest absolute Gasteiger partial charge is 0.0880 e. The maximum atomic E-state index is 4.97. The molecule has 0 unspecified atom stereocenters. The normalized spacial score (nSPS) is 16.9. The second kappa shape index (κ2) is 7.64. The summed E-state index contributed by atoms with van der Waals surface area (Å²) < 4.78 is 2.72. The molecular formula is C33H35NS. The van der Waals surface area contributed by atoms with Crippen molar-refractivity contribution in [3.05, 3.63) is 77.0 Å². The number of rotatable bonds is 2. The Balaban J connectivity index is 1.68. The average Bonchev–Trinajstić information content (AvgIpc) is 3.20. The van der Waals surface area contributed by atoms with Gasteiger partial charge in [0.05, 0.1) is 10.4 Å². The van der Waals surface area contributed by atoms with E-state index in [9.17, 15) is 0 Å². The lowest BCUT2D eigenvalue weighted by Crippen LogP contribution is -2.34. The molecule has 0 atom stereocenters. The lowest BCUT2D eigenvalue weighted by molar-refractivity contribution is 0.331. The molecule has 0 spiro atoms. The molecule has 0 fully saturated rings. The Bertz CT molecular complexity index is 1630. The first-order valence-electron chi connectivity index (χ1n) is 13.0. The van der Waals surface area contributed by atoms with E-state index in [0.29, 0.717) is 5.92 Å². The van der Waals surface area contributed by atoms with E-state index in [4.69, 9.17) is 4.98 Å². The molecule has 5 aromatic rings. The monoisotopic (exact) mass is 477 g/mol. The first-order valence-corrected chi connectivity index (χ1v) is 13.8. The van der Waals surface area contributed by atoms with E-state index in [1.807, 2.05) is 17.5 Å². The molecule has 3 aromatic carbocycles. The Morgan fingerprint density at radius 3 is 2.40 bits per heavy atom. The molecule has 2 heteroatoms. The molecule has 0 aliphatic heterocycles. The van der Waals surface area contributed by atoms with Crippen LogP contribution in [0.5, 0.6) is 0 Å². The van der Waals surface area contributed by atoms with Gasteiger partial charge in [-0.15, -0.1) is 11.3 Å². The summed E-state index contributed by atoms with van der Waals surface area (Å²) in [5.41, 5.74) is 8.76. The largest absolute Gasteiger partial charge is 0.255 e. The third-order valence-corrected chi connectivity index (χ3v) is 9.66. The second-order valence-electron chi connectivity index (χ2n) is 12.1. The van der Waals surface area contributed by atoms with Crippen LogP contribution < -0.4 is 0 Å². The summed E-state index contributed by atoms with van der Waals surface area (Å²) in [6, 6.07) is 18.2. The van der Waals surface area contributed by atoms with Crippen LogP contribution in [0.15, 0.2) is 54.7 Å². The highest BCUT2D eigenvalue weighted by Gasteiger charge is 2.39. The van der Waals surface area contributed by atoms with Gasteiger partial charge >= 0.3 is 0 Å². The van der Waals surface area contributed by atoms with Gasteiger partial charge in [0.25, 0.3) is 0 Å². The number of aromatic nitrogens is 1. The van der Waals surface area contributed by atoms with Crippen molar-refractivity contribution in [2.75, 3.05) is 0 Å². The Hall–Kier alpha value is -2.71. The van der Waals surface area contributed by atoms with Crippen LogP contribution in [0.1, 0.15) is 82.6 Å². The topological polar surface area (TPSA) is 12.9 Å². The van der Waals surface area contributed by atoms with Gasteiger partial charge in [-0.1, -0.05) is 65.8 Å². The highest BCUT2D eigenvalue weighted by Crippen LogP contribution is 2.51. The van der Waals surface area contributed by atoms with E-state index in [0.717, 1.165) is 5.69 Å². The molecule has 0 saturated heterocycles. The van der Waals surface area contributed by atoms with Gasteiger partial charge in [0.1, 0.15) is 0 Å². The first-order chi connectivity index (χ1) is 16.6. The predicted octanol–water partition coefficient (Wildman–Crippen LogP) is 10.1. The van der Waals surface area contributed by atoms with Crippen molar-refractivity contribution in [3.63, 3.8) is 0 Å². The molecular weight excluding hydrogens is 442 g/mol. The third-order valence-electron chi connectivity index (χ3n) is 8.50. The molecule has 178 valence electrons. The van der Waals surface area contributed by atoms with Crippen LogP contribution in [-0.4, -0.2) is 4.98 Å². The van der Waals surface area contributed by atoms with Crippen LogP contribution in [0.2, 0.25) is 0 Å². The number of fused-ring (bicyclic) bond motifs is 5. The van der Waals surface area contributed by atoms with E-state index >= 15 is 0 Å². The molecule has 2 aromatic heterocycles. The van der Waals surface area contributed by atoms with Gasteiger partial charge < -0.3 is 0 Å². The van der Waals surface area contributed by atoms with Crippen molar-refractivity contribution in [1.82, 2.24) is 4.98 Å². The van der Waals surface area contributed by atoms with E-state index in [1.54, 1.807) is 11.1 Å². The van der Waals surface area contributed by atoms with Crippen LogP contribution in [0, 0.1) is 6.92 Å². The highest BCUT2D eigenvalue weighted by atomic mass is 32.1. The van der Waals surface area contributed by atoms with E-state index in [-0.39, 0.29) is 10.8 Å². The van der Waals surface area contributed by atoms with Crippen molar-refractivity contribution in [3.8, 4) is 11.3 Å². The Labute approximate surface area is 213 Å². The Morgan fingerprint density at radius 2 is 1.63 bits per heavy atom. The quantitative estimate of drug-likeness (QED) is 0.246. The predicted molar refractivity (Wildman–Crippen MR) is 154 cm³/mol. The van der Waals surface area contributed by atoms with Crippen LogP contribution in [0.25, 0.3) is 42.2 Å². The van der Waals surface area contributed by atoms with Crippen molar-refractivity contribution in [1.29, 1.82) is 0 Å². The number of aryl methyl sites for hydroxylation is 1. The second-order valence-corrected chi connectivity index (χ2v) is 13.2. The van der Waals surface area contributed by atoms with E-state index in [2.05, 4.69) is 97.0 Å². The number of thiophene rings is 1. The molecule has 1 nitrogen and oxygen atoms in total. The molecule has 1 aliphatic rings. The van der Waals surface area contributed by atoms with Gasteiger partial charge in [-0.2, -0.15) is 0 Å². The molecule has 0 amide bonds. The Kier molecular flexibility index (Phi) is 4.96. The fourth-order valence-corrected chi connectivity index (χ4v) is 7.82. The number of hydrogen-bond acceptors (Lipinski definition) is 2. The van der Waals surface area contributed by atoms with Gasteiger partial charge in [0, 0.05) is 27.2 Å². The van der Waals surface area contributed by atoms with Gasteiger partial charge in [-0.25, -0.2) is 0 Å². The van der Waals surface area contributed by atoms with Crippen LogP contribution >= 0.6 is 11.3 Å². The zero-order chi connectivity index (χ0) is 24.7. The van der Waals surface area contributed by atoms with E-state index < -0.39 is 0 Å². The maximum absolute atomic E-state index is 4.97. The summed E-state index contributed by atoms with van der Waals surface area (Å²) in [4.78, 5) is 4.97. The zero-order valence-electron chi connectivity index (χ0n) is 22.0. The number of benzene rings is 3. The summed E-state index contributed by atoms with van der Waals surface area (Å²) in [5, 5.41) is 5.43. The minimum absolute atomic E-state index is 0.206. The number of hydrogen-bond donors (Lipinski definition) is 0. The summed E-state index contributed by atoms with van der Waals surface area (Å²) in [7, 11) is 0. The Morgan fingerprint density at radius 1 is 0.886 bits per heavy atom. The third kappa shape index (κ3) is 3.37. The van der Waals surface area contributed by atoms with Crippen molar-refractivity contribution >= 4 is 42.3 Å². The molecule has 0 saturated carbocycles. The fraction of sp³-hybridized carbons (Fsp3) is 0.364. The minimum Gasteiger partial charge on any atom is -0.255 e. The molecule has 0 radical (unpaired) electrons. The summed E-state index contributed by atoms with van der Waals surface area (Å²) in [5.74, 6) is 0.458. The lowest BCUT2D eigenvalue weighted by atomic mass is 9.62. The van der Waals surface area contributed by atoms with Gasteiger partial charge in [0.15, 0.2) is 0 Å². The maximum Gasteiger partial charge on any atom is 0.0880 e. The molecule has 35 heavy (non-hydrogen) atoms. The van der Waals surface area contributed by atoms with Gasteiger partial charge in [-0.3, -0.25) is 4.98 Å². The van der Waals surface area contributed by atoms with E-state index in [1.165, 1.54) is 60.5 Å². The minimum atomic E-state index is 0.206. The fourth-order valence-electron chi connectivity index (χ4n) is 6.51. The van der Waals surface area contributed by atoms with Crippen LogP contribution in [0.4, 0.5) is 0 Å². The van der Waals surface area contributed by atoms with Gasteiger partial charge in [-0.05, 0) is 93.8 Å². The molecule has 1 aliphatic carbocycles. The summed E-state index contributed by atoms with van der Waals surface area (Å²) in [6.07, 6.45) is 4.50. The average molecular weight is 478 g/mol. The number of pyridine rings is 1. The van der Waals surface area contributed by atoms with Crippen LogP contribution in [0.3, 0.4) is 0 Å². The van der Waals surface area contributed by atoms with Crippen LogP contribution in [-0.2, 0) is 10.8 Å². The summed E-state index contributed by atoms with van der Waals surface area (Å²) in [6.45, 7) is 16.7. The van der Waals surface area contributed by atoms with Gasteiger partial charge in [0.2, 0.25) is 0 Å². The lowest BCUT2D eigenvalue weighted by Gasteiger charge is -2.43.